The molecule has 0 saturated carbocycles. The van der Waals surface area contributed by atoms with Crippen molar-refractivity contribution < 1.29 is 19.4 Å². The van der Waals surface area contributed by atoms with Gasteiger partial charge < -0.3 is 20.1 Å². The molecule has 0 aliphatic carbocycles. The first-order chi connectivity index (χ1) is 11.4. The van der Waals surface area contributed by atoms with Gasteiger partial charge in [0.05, 0.1) is 6.04 Å². The molecule has 6 nitrogen and oxygen atoms in total. The number of likely N-dealkylation sites (tertiary alicyclic amines) is 1. The maximum absolute atomic E-state index is 12.5. The summed E-state index contributed by atoms with van der Waals surface area (Å²) in [5.41, 5.74) is -0.343. The molecule has 1 aliphatic rings. The molecule has 2 amide bonds. The zero-order valence-corrected chi connectivity index (χ0v) is 16.3. The fraction of sp³-hybridized carbons (Fsp3) is 0.684. The minimum atomic E-state index is -1.44. The third-order valence-corrected chi connectivity index (χ3v) is 3.98. The average molecular weight is 352 g/mol. The molecular weight excluding hydrogens is 320 g/mol. The molecule has 1 fully saturated rings. The predicted octanol–water partition coefficient (Wildman–Crippen LogP) is 2.78. The zero-order valence-electron chi connectivity index (χ0n) is 16.3. The number of amides is 2. The van der Waals surface area contributed by atoms with E-state index < -0.39 is 17.1 Å². The van der Waals surface area contributed by atoms with E-state index in [1.165, 1.54) is 13.8 Å². The Hall–Kier alpha value is -1.82. The minimum Gasteiger partial charge on any atom is -0.444 e. The van der Waals surface area contributed by atoms with Crippen LogP contribution in [0.1, 0.15) is 54.4 Å². The Bertz CT molecular complexity index is 553. The normalized spacial score (nSPS) is 18.9. The van der Waals surface area contributed by atoms with Crippen LogP contribution in [0.2, 0.25) is 0 Å². The van der Waals surface area contributed by atoms with Crippen LogP contribution in [0, 0.1) is 0 Å². The van der Waals surface area contributed by atoms with E-state index in [-0.39, 0.29) is 18.7 Å². The van der Waals surface area contributed by atoms with E-state index in [2.05, 4.69) is 11.9 Å². The average Bonchev–Trinajstić information content (AvgIpc) is 2.92. The van der Waals surface area contributed by atoms with Gasteiger partial charge in [0.2, 0.25) is 0 Å². The summed E-state index contributed by atoms with van der Waals surface area (Å²) in [5, 5.41) is 12.4. The lowest BCUT2D eigenvalue weighted by Crippen LogP contribution is -2.44. The first-order valence-corrected chi connectivity index (χ1v) is 8.71. The summed E-state index contributed by atoms with van der Waals surface area (Å²) >= 11 is 0. The van der Waals surface area contributed by atoms with Crippen LogP contribution in [0.4, 0.5) is 4.79 Å². The van der Waals surface area contributed by atoms with Gasteiger partial charge >= 0.3 is 6.09 Å². The van der Waals surface area contributed by atoms with Crippen molar-refractivity contribution in [1.29, 1.82) is 0 Å². The highest BCUT2D eigenvalue weighted by Crippen LogP contribution is 2.29. The van der Waals surface area contributed by atoms with Crippen LogP contribution in [0.15, 0.2) is 23.8 Å². The summed E-state index contributed by atoms with van der Waals surface area (Å²) in [6, 6.07) is -0.105. The van der Waals surface area contributed by atoms with Crippen molar-refractivity contribution >= 4 is 12.0 Å². The topological polar surface area (TPSA) is 78.9 Å². The Kier molecular flexibility index (Phi) is 6.82. The Balaban J connectivity index is 2.79. The van der Waals surface area contributed by atoms with Crippen molar-refractivity contribution in [3.05, 3.63) is 23.8 Å². The summed E-state index contributed by atoms with van der Waals surface area (Å²) in [7, 11) is 0. The molecule has 0 radical (unpaired) electrons. The molecular formula is C19H32N2O4. The quantitative estimate of drug-likeness (QED) is 0.746. The smallest absolute Gasteiger partial charge is 0.410 e. The molecule has 0 aromatic carbocycles. The van der Waals surface area contributed by atoms with Gasteiger partial charge in [0, 0.05) is 13.1 Å². The molecule has 6 heteroatoms. The summed E-state index contributed by atoms with van der Waals surface area (Å²) in [4.78, 5) is 26.0. The van der Waals surface area contributed by atoms with Gasteiger partial charge in [0.25, 0.3) is 5.91 Å². The SMILES string of the molecule is C=C(CNC(=O)C(C)(C)O)/C(=C\C)[C@@H]1CCCN1C(=O)OC(C)(C)C. The van der Waals surface area contributed by atoms with Gasteiger partial charge in [-0.1, -0.05) is 12.7 Å². The van der Waals surface area contributed by atoms with Gasteiger partial charge in [-0.2, -0.15) is 0 Å². The molecule has 142 valence electrons. The third kappa shape index (κ3) is 6.20. The molecule has 0 spiro atoms. The summed E-state index contributed by atoms with van der Waals surface area (Å²) in [6.45, 7) is 15.2. The summed E-state index contributed by atoms with van der Waals surface area (Å²) in [6.07, 6.45) is 3.32. The number of ether oxygens (including phenoxy) is 1. The fourth-order valence-electron chi connectivity index (χ4n) is 2.77. The van der Waals surface area contributed by atoms with Crippen LogP contribution < -0.4 is 5.32 Å². The molecule has 1 atom stereocenters. The fourth-order valence-corrected chi connectivity index (χ4v) is 2.77. The van der Waals surface area contributed by atoms with Gasteiger partial charge in [-0.15, -0.1) is 0 Å². The highest BCUT2D eigenvalue weighted by atomic mass is 16.6. The Morgan fingerprint density at radius 2 is 1.92 bits per heavy atom. The molecule has 0 aromatic rings. The Labute approximate surface area is 150 Å². The largest absolute Gasteiger partial charge is 0.444 e. The van der Waals surface area contributed by atoms with Crippen LogP contribution in [-0.4, -0.2) is 52.3 Å². The maximum atomic E-state index is 12.5. The number of aliphatic hydroxyl groups is 1. The Morgan fingerprint density at radius 1 is 1.32 bits per heavy atom. The number of hydrogen-bond acceptors (Lipinski definition) is 4. The standard InChI is InChI=1S/C19H32N2O4/c1-8-14(13(2)12-20-16(22)19(6,7)24)15-10-9-11-21(15)17(23)25-18(3,4)5/h8,15,24H,2,9-12H2,1,3-7H3,(H,20,22)/b14-8+/t15-/m0/s1. The zero-order chi connectivity index (χ0) is 19.4. The number of carbonyl (C=O) groups excluding carboxylic acids is 2. The van der Waals surface area contributed by atoms with E-state index in [0.29, 0.717) is 6.54 Å². The van der Waals surface area contributed by atoms with Gasteiger partial charge in [-0.3, -0.25) is 4.79 Å². The van der Waals surface area contributed by atoms with E-state index in [0.717, 1.165) is 24.0 Å². The summed E-state index contributed by atoms with van der Waals surface area (Å²) < 4.78 is 5.50. The highest BCUT2D eigenvalue weighted by molar-refractivity contribution is 5.84. The molecule has 25 heavy (non-hydrogen) atoms. The van der Waals surface area contributed by atoms with Crippen molar-refractivity contribution in [1.82, 2.24) is 10.2 Å². The number of rotatable bonds is 5. The van der Waals surface area contributed by atoms with Crippen LogP contribution in [0.25, 0.3) is 0 Å². The lowest BCUT2D eigenvalue weighted by atomic mass is 9.97. The first-order valence-electron chi connectivity index (χ1n) is 8.71. The highest BCUT2D eigenvalue weighted by Gasteiger charge is 2.35. The van der Waals surface area contributed by atoms with Crippen LogP contribution in [0.3, 0.4) is 0 Å². The van der Waals surface area contributed by atoms with E-state index in [1.807, 2.05) is 33.8 Å². The third-order valence-electron chi connectivity index (χ3n) is 3.98. The van der Waals surface area contributed by atoms with Crippen molar-refractivity contribution in [2.45, 2.75) is 71.6 Å². The first kappa shape index (κ1) is 21.2. The van der Waals surface area contributed by atoms with Crippen molar-refractivity contribution in [3.8, 4) is 0 Å². The lowest BCUT2D eigenvalue weighted by molar-refractivity contribution is -0.136. The molecule has 1 aliphatic heterocycles. The second-order valence-corrected chi connectivity index (χ2v) is 7.92. The van der Waals surface area contributed by atoms with Gasteiger partial charge in [0.15, 0.2) is 0 Å². The van der Waals surface area contributed by atoms with Crippen LogP contribution in [-0.2, 0) is 9.53 Å². The molecule has 1 saturated heterocycles. The van der Waals surface area contributed by atoms with Crippen molar-refractivity contribution in [2.24, 2.45) is 0 Å². The van der Waals surface area contributed by atoms with Gasteiger partial charge in [0.1, 0.15) is 11.2 Å². The molecule has 2 N–H and O–H groups in total. The molecule has 1 heterocycles. The van der Waals surface area contributed by atoms with Gasteiger partial charge in [-0.25, -0.2) is 4.79 Å². The number of allylic oxidation sites excluding steroid dienone is 1. The van der Waals surface area contributed by atoms with Gasteiger partial charge in [-0.05, 0) is 65.5 Å². The number of hydrogen-bond donors (Lipinski definition) is 2. The monoisotopic (exact) mass is 352 g/mol. The van der Waals surface area contributed by atoms with Crippen LogP contribution >= 0.6 is 0 Å². The van der Waals surface area contributed by atoms with Crippen molar-refractivity contribution in [3.63, 3.8) is 0 Å². The second kappa shape index (κ2) is 8.04. The second-order valence-electron chi connectivity index (χ2n) is 7.92. The lowest BCUT2D eigenvalue weighted by Gasteiger charge is -2.30. The maximum Gasteiger partial charge on any atom is 0.410 e. The predicted molar refractivity (Wildman–Crippen MR) is 98.2 cm³/mol. The van der Waals surface area contributed by atoms with Crippen LogP contribution in [0.5, 0.6) is 0 Å². The molecule has 0 unspecified atom stereocenters. The number of nitrogens with one attached hydrogen (secondary N) is 1. The summed E-state index contributed by atoms with van der Waals surface area (Å²) in [5.74, 6) is -0.459. The van der Waals surface area contributed by atoms with E-state index >= 15 is 0 Å². The molecule has 0 bridgehead atoms. The number of nitrogens with zero attached hydrogens (tertiary/aromatic N) is 1. The van der Waals surface area contributed by atoms with Crippen molar-refractivity contribution in [2.75, 3.05) is 13.1 Å². The minimum absolute atomic E-state index is 0.105. The van der Waals surface area contributed by atoms with E-state index in [1.54, 1.807) is 4.90 Å². The van der Waals surface area contributed by atoms with E-state index in [4.69, 9.17) is 4.74 Å². The Morgan fingerprint density at radius 3 is 2.40 bits per heavy atom. The molecule has 1 rings (SSSR count). The van der Waals surface area contributed by atoms with E-state index in [9.17, 15) is 14.7 Å². The number of carbonyl (C=O) groups is 2. The molecule has 0 aromatic heterocycles.